The van der Waals surface area contributed by atoms with E-state index in [0.717, 1.165) is 23.7 Å². The van der Waals surface area contributed by atoms with E-state index in [4.69, 9.17) is 4.43 Å². The van der Waals surface area contributed by atoms with E-state index in [2.05, 4.69) is 19.7 Å². The fourth-order valence-electron chi connectivity index (χ4n) is 4.54. The molecule has 0 spiro atoms. The van der Waals surface area contributed by atoms with Gasteiger partial charge >= 0.3 is 0 Å². The molecular formula is C15H24OSi. The van der Waals surface area contributed by atoms with E-state index >= 15 is 0 Å². The molecule has 94 valence electrons. The summed E-state index contributed by atoms with van der Waals surface area (Å²) >= 11 is 0. The molecule has 4 aliphatic carbocycles. The lowest BCUT2D eigenvalue weighted by Crippen LogP contribution is -2.52. The molecule has 0 heterocycles. The highest BCUT2D eigenvalue weighted by molar-refractivity contribution is 6.82. The highest BCUT2D eigenvalue weighted by atomic mass is 28.4. The monoisotopic (exact) mass is 248 g/mol. The quantitative estimate of drug-likeness (QED) is 0.687. The number of hydrogen-bond acceptors (Lipinski definition) is 1. The van der Waals surface area contributed by atoms with Gasteiger partial charge in [-0.3, -0.25) is 0 Å². The van der Waals surface area contributed by atoms with Gasteiger partial charge in [-0.25, -0.2) is 0 Å². The van der Waals surface area contributed by atoms with Gasteiger partial charge in [0.1, 0.15) is 0 Å². The fourth-order valence-corrected chi connectivity index (χ4v) is 5.87. The Morgan fingerprint density at radius 1 is 0.941 bits per heavy atom. The first-order valence-corrected chi connectivity index (χ1v) is 9.65. The summed E-state index contributed by atoms with van der Waals surface area (Å²) < 4.78 is 6.52. The molecular weight excluding hydrogens is 224 g/mol. The van der Waals surface area contributed by atoms with Gasteiger partial charge < -0.3 is 4.43 Å². The van der Waals surface area contributed by atoms with Crippen LogP contribution in [0.3, 0.4) is 0 Å². The van der Waals surface area contributed by atoms with Crippen molar-refractivity contribution in [1.29, 1.82) is 0 Å². The Bertz CT molecular complexity index is 300. The number of rotatable bonds is 4. The van der Waals surface area contributed by atoms with Crippen LogP contribution in [0.1, 0.15) is 32.1 Å². The second-order valence-corrected chi connectivity index (χ2v) is 10.0. The molecule has 0 unspecified atom stereocenters. The third-order valence-corrected chi connectivity index (χ3v) is 7.74. The van der Waals surface area contributed by atoms with Crippen molar-refractivity contribution in [2.45, 2.75) is 44.8 Å². The van der Waals surface area contributed by atoms with E-state index in [1.54, 1.807) is 0 Å². The molecule has 0 radical (unpaired) electrons. The molecule has 0 saturated heterocycles. The van der Waals surface area contributed by atoms with Gasteiger partial charge in [-0.15, -0.1) is 13.2 Å². The maximum absolute atomic E-state index is 6.52. The summed E-state index contributed by atoms with van der Waals surface area (Å²) in [6.07, 6.45) is 7.74. The predicted molar refractivity (Wildman–Crippen MR) is 73.9 cm³/mol. The normalized spacial score (nSPS) is 43.7. The van der Waals surface area contributed by atoms with Crippen LogP contribution in [0.15, 0.2) is 24.6 Å². The summed E-state index contributed by atoms with van der Waals surface area (Å²) in [5.41, 5.74) is 4.07. The van der Waals surface area contributed by atoms with Gasteiger partial charge in [0.05, 0.1) is 6.10 Å². The van der Waals surface area contributed by atoms with Gasteiger partial charge in [-0.2, -0.15) is 0 Å². The third-order valence-electron chi connectivity index (χ3n) is 5.34. The highest BCUT2D eigenvalue weighted by Gasteiger charge is 2.49. The van der Waals surface area contributed by atoms with Crippen molar-refractivity contribution >= 4 is 8.32 Å². The van der Waals surface area contributed by atoms with Gasteiger partial charge in [-0.05, 0) is 62.3 Å². The Labute approximate surface area is 106 Å². The minimum atomic E-state index is -1.83. The molecule has 4 fully saturated rings. The van der Waals surface area contributed by atoms with Crippen LogP contribution in [0.2, 0.25) is 6.55 Å². The third kappa shape index (κ3) is 1.95. The topological polar surface area (TPSA) is 9.23 Å². The molecule has 4 saturated carbocycles. The maximum atomic E-state index is 6.52. The minimum Gasteiger partial charge on any atom is -0.406 e. The van der Waals surface area contributed by atoms with Crippen molar-refractivity contribution in [3.8, 4) is 0 Å². The molecule has 0 aromatic heterocycles. The zero-order valence-corrected chi connectivity index (χ0v) is 11.9. The second-order valence-electron chi connectivity index (χ2n) is 6.61. The molecule has 4 bridgehead atoms. The van der Waals surface area contributed by atoms with Gasteiger partial charge in [0, 0.05) is 0 Å². The first-order chi connectivity index (χ1) is 8.13. The first kappa shape index (κ1) is 11.7. The molecule has 2 heteroatoms. The minimum absolute atomic E-state index is 0.524. The van der Waals surface area contributed by atoms with Crippen molar-refractivity contribution in [1.82, 2.24) is 0 Å². The second kappa shape index (κ2) is 4.10. The smallest absolute Gasteiger partial charge is 0.237 e. The maximum Gasteiger partial charge on any atom is 0.237 e. The van der Waals surface area contributed by atoms with Crippen LogP contribution in [-0.2, 0) is 4.43 Å². The molecule has 0 aromatic rings. The molecule has 0 amide bonds. The van der Waals surface area contributed by atoms with E-state index in [0.29, 0.717) is 6.10 Å². The molecule has 0 aliphatic heterocycles. The Morgan fingerprint density at radius 3 is 1.82 bits per heavy atom. The molecule has 17 heavy (non-hydrogen) atoms. The summed E-state index contributed by atoms with van der Waals surface area (Å²) in [5.74, 6) is 3.74. The molecule has 0 aromatic carbocycles. The average molecular weight is 248 g/mol. The SMILES string of the molecule is C=C[Si](C)(C=C)OC1C2CC3CC(C2)CC1C3. The average Bonchev–Trinajstić information content (AvgIpc) is 2.33. The van der Waals surface area contributed by atoms with E-state index in [9.17, 15) is 0 Å². The Morgan fingerprint density at radius 2 is 1.41 bits per heavy atom. The van der Waals surface area contributed by atoms with Crippen LogP contribution in [0.5, 0.6) is 0 Å². The number of hydrogen-bond donors (Lipinski definition) is 0. The van der Waals surface area contributed by atoms with Crippen molar-refractivity contribution < 1.29 is 4.43 Å². The lowest BCUT2D eigenvalue weighted by Gasteiger charge is -2.55. The van der Waals surface area contributed by atoms with Crippen LogP contribution < -0.4 is 0 Å². The van der Waals surface area contributed by atoms with Crippen LogP contribution in [0.4, 0.5) is 0 Å². The van der Waals surface area contributed by atoms with Crippen LogP contribution in [0.25, 0.3) is 0 Å². The lowest BCUT2D eigenvalue weighted by atomic mass is 9.55. The summed E-state index contributed by atoms with van der Waals surface area (Å²) in [7, 11) is -1.83. The zero-order valence-electron chi connectivity index (χ0n) is 10.9. The van der Waals surface area contributed by atoms with Gasteiger partial charge in [0.2, 0.25) is 8.32 Å². The largest absolute Gasteiger partial charge is 0.406 e. The molecule has 4 aliphatic rings. The van der Waals surface area contributed by atoms with Crippen molar-refractivity contribution in [3.05, 3.63) is 24.6 Å². The molecule has 0 atom stereocenters. The fraction of sp³-hybridized carbons (Fsp3) is 0.733. The molecule has 4 rings (SSSR count). The summed E-state index contributed by atoms with van der Waals surface area (Å²) in [5, 5.41) is 0. The Hall–Kier alpha value is -0.343. The molecule has 0 N–H and O–H groups in total. The zero-order chi connectivity index (χ0) is 12.0. The van der Waals surface area contributed by atoms with Crippen molar-refractivity contribution in [3.63, 3.8) is 0 Å². The van der Waals surface area contributed by atoms with Crippen molar-refractivity contribution in [2.24, 2.45) is 23.7 Å². The highest BCUT2D eigenvalue weighted by Crippen LogP contribution is 2.55. The summed E-state index contributed by atoms with van der Waals surface area (Å²) in [6, 6.07) is 0. The standard InChI is InChI=1S/C15H24OSi/c1-4-17(3,5-2)16-15-13-7-11-6-12(9-13)10-14(15)8-11/h4-5,11-15H,1-2,6-10H2,3H3. The van der Waals surface area contributed by atoms with Gasteiger partial charge in [0.25, 0.3) is 0 Å². The van der Waals surface area contributed by atoms with E-state index in [1.807, 2.05) is 11.4 Å². The summed E-state index contributed by atoms with van der Waals surface area (Å²) in [4.78, 5) is 0. The van der Waals surface area contributed by atoms with Gasteiger partial charge in [0.15, 0.2) is 0 Å². The Kier molecular flexibility index (Phi) is 2.83. The predicted octanol–water partition coefficient (Wildman–Crippen LogP) is 3.85. The van der Waals surface area contributed by atoms with Crippen LogP contribution >= 0.6 is 0 Å². The first-order valence-electron chi connectivity index (χ1n) is 7.08. The van der Waals surface area contributed by atoms with E-state index in [1.165, 1.54) is 32.1 Å². The van der Waals surface area contributed by atoms with E-state index < -0.39 is 8.32 Å². The van der Waals surface area contributed by atoms with Gasteiger partial charge in [-0.1, -0.05) is 11.4 Å². The van der Waals surface area contributed by atoms with E-state index in [-0.39, 0.29) is 0 Å². The van der Waals surface area contributed by atoms with Crippen molar-refractivity contribution in [2.75, 3.05) is 0 Å². The molecule has 1 nitrogen and oxygen atoms in total. The lowest BCUT2D eigenvalue weighted by molar-refractivity contribution is -0.0817. The van der Waals surface area contributed by atoms with Crippen LogP contribution in [0, 0.1) is 23.7 Å². The Balaban J connectivity index is 1.76. The van der Waals surface area contributed by atoms with Crippen LogP contribution in [-0.4, -0.2) is 14.4 Å². The summed E-state index contributed by atoms with van der Waals surface area (Å²) in [6.45, 7) is 10.1.